The number of carbonyl (C=O) groups excluding carboxylic acids is 1. The van der Waals surface area contributed by atoms with Crippen molar-refractivity contribution in [1.29, 1.82) is 0 Å². The second-order valence-electron chi connectivity index (χ2n) is 5.65. The van der Waals surface area contributed by atoms with E-state index in [1.165, 1.54) is 19.3 Å². The van der Waals surface area contributed by atoms with Crippen molar-refractivity contribution in [2.24, 2.45) is 0 Å². The van der Waals surface area contributed by atoms with Crippen molar-refractivity contribution in [2.75, 3.05) is 11.9 Å². The van der Waals surface area contributed by atoms with E-state index in [0.717, 1.165) is 24.7 Å². The van der Waals surface area contributed by atoms with E-state index in [0.29, 0.717) is 6.04 Å². The van der Waals surface area contributed by atoms with Crippen LogP contribution < -0.4 is 0 Å². The largest absolute Gasteiger partial charge is 0.444 e. The highest BCUT2D eigenvalue weighted by Crippen LogP contribution is 2.24. The Morgan fingerprint density at radius 3 is 2.35 bits per heavy atom. The van der Waals surface area contributed by atoms with Gasteiger partial charge in [0.2, 0.25) is 0 Å². The first-order valence-corrected chi connectivity index (χ1v) is 7.62. The van der Waals surface area contributed by atoms with Crippen LogP contribution in [0, 0.1) is 0 Å². The monoisotopic (exact) mass is 305 g/mol. The molecule has 1 saturated carbocycles. The normalized spacial score (nSPS) is 17.9. The Morgan fingerprint density at radius 1 is 1.29 bits per heavy atom. The van der Waals surface area contributed by atoms with Gasteiger partial charge in [0, 0.05) is 17.9 Å². The van der Waals surface area contributed by atoms with E-state index in [-0.39, 0.29) is 6.09 Å². The van der Waals surface area contributed by atoms with Crippen LogP contribution in [0.15, 0.2) is 0 Å². The van der Waals surface area contributed by atoms with Gasteiger partial charge in [0.25, 0.3) is 0 Å². The summed E-state index contributed by atoms with van der Waals surface area (Å²) in [6.07, 6.45) is 5.83. The molecule has 0 bridgehead atoms. The Labute approximate surface area is 113 Å². The van der Waals surface area contributed by atoms with Crippen molar-refractivity contribution in [2.45, 2.75) is 64.5 Å². The molecule has 1 fully saturated rings. The number of alkyl halides is 1. The predicted octanol–water partition coefficient (Wildman–Crippen LogP) is 3.95. The lowest BCUT2D eigenvalue weighted by Crippen LogP contribution is -2.45. The smallest absolute Gasteiger partial charge is 0.410 e. The molecule has 0 atom stereocenters. The topological polar surface area (TPSA) is 29.5 Å². The Balaban J connectivity index is 2.60. The number of hydrogen-bond acceptors (Lipinski definition) is 2. The summed E-state index contributed by atoms with van der Waals surface area (Å²) in [5.74, 6) is 0. The number of halogens is 1. The quantitative estimate of drug-likeness (QED) is 0.739. The van der Waals surface area contributed by atoms with Crippen LogP contribution in [0.3, 0.4) is 0 Å². The first-order chi connectivity index (χ1) is 7.94. The van der Waals surface area contributed by atoms with E-state index in [1.807, 2.05) is 25.7 Å². The number of rotatable bonds is 3. The second-order valence-corrected chi connectivity index (χ2v) is 6.45. The fraction of sp³-hybridized carbons (Fsp3) is 0.923. The van der Waals surface area contributed by atoms with Gasteiger partial charge in [-0.1, -0.05) is 35.2 Å². The van der Waals surface area contributed by atoms with Crippen LogP contribution in [0.25, 0.3) is 0 Å². The number of nitrogens with zero attached hydrogens (tertiary/aromatic N) is 1. The number of carbonyl (C=O) groups is 1. The molecule has 0 N–H and O–H groups in total. The van der Waals surface area contributed by atoms with E-state index in [2.05, 4.69) is 15.9 Å². The summed E-state index contributed by atoms with van der Waals surface area (Å²) in [7, 11) is 0. The molecular weight excluding hydrogens is 282 g/mol. The minimum Gasteiger partial charge on any atom is -0.444 e. The molecule has 3 nitrogen and oxygen atoms in total. The van der Waals surface area contributed by atoms with Crippen LogP contribution in [0.4, 0.5) is 4.79 Å². The predicted molar refractivity (Wildman–Crippen MR) is 73.6 cm³/mol. The van der Waals surface area contributed by atoms with Gasteiger partial charge in [-0.3, -0.25) is 0 Å². The molecule has 0 aliphatic heterocycles. The first-order valence-electron chi connectivity index (χ1n) is 6.49. The molecule has 0 aromatic rings. The molecule has 1 rings (SSSR count). The van der Waals surface area contributed by atoms with Crippen molar-refractivity contribution in [3.05, 3.63) is 0 Å². The lowest BCUT2D eigenvalue weighted by Gasteiger charge is -2.35. The Kier molecular flexibility index (Phi) is 5.77. The van der Waals surface area contributed by atoms with Crippen molar-refractivity contribution in [1.82, 2.24) is 4.90 Å². The van der Waals surface area contributed by atoms with E-state index >= 15 is 0 Å². The van der Waals surface area contributed by atoms with Crippen molar-refractivity contribution in [3.8, 4) is 0 Å². The van der Waals surface area contributed by atoms with Gasteiger partial charge >= 0.3 is 6.09 Å². The van der Waals surface area contributed by atoms with Gasteiger partial charge in [-0.05, 0) is 33.6 Å². The zero-order valence-electron chi connectivity index (χ0n) is 11.2. The fourth-order valence-electron chi connectivity index (χ4n) is 2.23. The maximum Gasteiger partial charge on any atom is 0.410 e. The van der Waals surface area contributed by atoms with Crippen LogP contribution in [-0.4, -0.2) is 34.5 Å². The third-order valence-electron chi connectivity index (χ3n) is 2.97. The molecule has 0 saturated heterocycles. The first kappa shape index (κ1) is 14.8. The summed E-state index contributed by atoms with van der Waals surface area (Å²) in [6, 6.07) is 0.371. The molecule has 0 unspecified atom stereocenters. The Hall–Kier alpha value is -0.250. The Morgan fingerprint density at radius 2 is 1.88 bits per heavy atom. The summed E-state index contributed by atoms with van der Waals surface area (Å²) in [6.45, 7) is 6.48. The van der Waals surface area contributed by atoms with Gasteiger partial charge < -0.3 is 9.64 Å². The minimum absolute atomic E-state index is 0.163. The minimum atomic E-state index is -0.406. The average molecular weight is 306 g/mol. The number of ether oxygens (including phenoxy) is 1. The number of amides is 1. The highest BCUT2D eigenvalue weighted by molar-refractivity contribution is 9.09. The second kappa shape index (κ2) is 6.62. The highest BCUT2D eigenvalue weighted by atomic mass is 79.9. The summed E-state index contributed by atoms with van der Waals surface area (Å²) in [5, 5.41) is 0.808. The van der Waals surface area contributed by atoms with Crippen LogP contribution in [0.1, 0.15) is 52.9 Å². The van der Waals surface area contributed by atoms with Crippen LogP contribution in [0.5, 0.6) is 0 Å². The van der Waals surface area contributed by atoms with E-state index in [9.17, 15) is 4.79 Å². The molecule has 100 valence electrons. The van der Waals surface area contributed by atoms with Crippen molar-refractivity contribution >= 4 is 22.0 Å². The third-order valence-corrected chi connectivity index (χ3v) is 3.32. The Bertz CT molecular complexity index is 244. The summed E-state index contributed by atoms with van der Waals surface area (Å²) in [4.78, 5) is 14.0. The average Bonchev–Trinajstić information content (AvgIpc) is 2.24. The highest BCUT2D eigenvalue weighted by Gasteiger charge is 2.28. The van der Waals surface area contributed by atoms with Crippen LogP contribution >= 0.6 is 15.9 Å². The van der Waals surface area contributed by atoms with Gasteiger partial charge in [0.1, 0.15) is 5.60 Å². The zero-order valence-corrected chi connectivity index (χ0v) is 12.8. The van der Waals surface area contributed by atoms with Crippen LogP contribution in [0.2, 0.25) is 0 Å². The van der Waals surface area contributed by atoms with Gasteiger partial charge in [-0.25, -0.2) is 4.79 Å². The maximum absolute atomic E-state index is 12.1. The lowest BCUT2D eigenvalue weighted by atomic mass is 9.94. The molecule has 0 spiro atoms. The van der Waals surface area contributed by atoms with E-state index in [4.69, 9.17) is 4.74 Å². The lowest BCUT2D eigenvalue weighted by molar-refractivity contribution is 0.0139. The molecule has 1 aliphatic rings. The van der Waals surface area contributed by atoms with Crippen LogP contribution in [-0.2, 0) is 4.74 Å². The molecule has 0 heterocycles. The summed E-state index contributed by atoms with van der Waals surface area (Å²) >= 11 is 3.42. The van der Waals surface area contributed by atoms with E-state index < -0.39 is 5.60 Å². The van der Waals surface area contributed by atoms with Crippen molar-refractivity contribution < 1.29 is 9.53 Å². The molecule has 1 amide bonds. The van der Waals surface area contributed by atoms with Gasteiger partial charge in [0.15, 0.2) is 0 Å². The third kappa shape index (κ3) is 5.28. The van der Waals surface area contributed by atoms with E-state index in [1.54, 1.807) is 0 Å². The molecule has 1 aliphatic carbocycles. The molecule has 4 heteroatoms. The molecule has 0 aromatic heterocycles. The van der Waals surface area contributed by atoms with Crippen molar-refractivity contribution in [3.63, 3.8) is 0 Å². The molecule has 17 heavy (non-hydrogen) atoms. The zero-order chi connectivity index (χ0) is 12.9. The molecule has 0 radical (unpaired) electrons. The molecular formula is C13H24BrNO2. The maximum atomic E-state index is 12.1. The van der Waals surface area contributed by atoms with Gasteiger partial charge in [0.05, 0.1) is 0 Å². The van der Waals surface area contributed by atoms with Gasteiger partial charge in [-0.2, -0.15) is 0 Å². The fourth-order valence-corrected chi connectivity index (χ4v) is 2.61. The standard InChI is InChI=1S/C13H24BrNO2/c1-13(2,3)17-12(16)15(10-9-14)11-7-5-4-6-8-11/h11H,4-10H2,1-3H3. The summed E-state index contributed by atoms with van der Waals surface area (Å²) < 4.78 is 5.47. The SMILES string of the molecule is CC(C)(C)OC(=O)N(CCBr)C1CCCCC1. The number of hydrogen-bond donors (Lipinski definition) is 0. The molecule has 0 aromatic carbocycles. The summed E-state index contributed by atoms with van der Waals surface area (Å²) in [5.41, 5.74) is -0.406. The van der Waals surface area contributed by atoms with Gasteiger partial charge in [-0.15, -0.1) is 0 Å².